The summed E-state index contributed by atoms with van der Waals surface area (Å²) in [5.74, 6) is -1.89. The van der Waals surface area contributed by atoms with E-state index in [4.69, 9.17) is 43.7 Å². The van der Waals surface area contributed by atoms with Crippen LogP contribution in [0.5, 0.6) is 11.5 Å². The van der Waals surface area contributed by atoms with Gasteiger partial charge in [0.2, 0.25) is 16.9 Å². The van der Waals surface area contributed by atoms with Gasteiger partial charge in [-0.2, -0.15) is 0 Å². The number of benzene rings is 3. The van der Waals surface area contributed by atoms with Crippen molar-refractivity contribution < 1.29 is 33.5 Å². The molecule has 0 saturated carbocycles. The number of fused-ring (bicyclic) bond motifs is 5. The predicted molar refractivity (Wildman–Crippen MR) is 251 cm³/mol. The van der Waals surface area contributed by atoms with Crippen molar-refractivity contribution in [3.8, 4) is 22.6 Å². The minimum absolute atomic E-state index is 0.0815. The van der Waals surface area contributed by atoms with E-state index in [-0.39, 0.29) is 76.0 Å². The summed E-state index contributed by atoms with van der Waals surface area (Å²) in [7, 11) is 1.57. The maximum atomic E-state index is 14.7. The topological polar surface area (TPSA) is 202 Å². The maximum absolute atomic E-state index is 14.7. The highest BCUT2D eigenvalue weighted by atomic mass is 32.1. The Bertz CT molecular complexity index is 2120. The first-order valence-electron chi connectivity index (χ1n) is 22.5. The van der Waals surface area contributed by atoms with Gasteiger partial charge in [-0.05, 0) is 97.9 Å². The van der Waals surface area contributed by atoms with Gasteiger partial charge in [0.05, 0.1) is 18.2 Å². The van der Waals surface area contributed by atoms with Crippen LogP contribution in [0.3, 0.4) is 0 Å². The Kier molecular flexibility index (Phi) is 18.8. The zero-order valence-corrected chi connectivity index (χ0v) is 38.2. The SMILES string of the molecule is CCCCCCCCc1ccc(C(=O)C[C@@H](CCN)C(=O)N(C)[C@@H]2C(=O)C[C@@H](C)C(=O)N[C@H](C3=NOC(=S)C3)Cc3ccc(OCCN)c(c3)-c3cc2ccc3OCCN)c(C)c1. The lowest BCUT2D eigenvalue weighted by Gasteiger charge is -2.32. The highest BCUT2D eigenvalue weighted by Crippen LogP contribution is 2.41. The number of hydrogen-bond donors (Lipinski definition) is 4. The number of aryl methyl sites for hydroxylation is 2. The largest absolute Gasteiger partial charge is 0.492 e. The van der Waals surface area contributed by atoms with Crippen LogP contribution in [0.25, 0.3) is 11.1 Å². The first-order chi connectivity index (χ1) is 30.4. The van der Waals surface area contributed by atoms with Gasteiger partial charge in [0.25, 0.3) is 0 Å². The van der Waals surface area contributed by atoms with Gasteiger partial charge in [-0.1, -0.05) is 81.4 Å². The van der Waals surface area contributed by atoms with Gasteiger partial charge in [0.15, 0.2) is 11.6 Å². The number of likely N-dealkylation sites (N-methyl/N-ethyl adjacent to an activating group) is 1. The quantitative estimate of drug-likeness (QED) is 0.0503. The number of amides is 2. The van der Waals surface area contributed by atoms with E-state index < -0.39 is 29.8 Å². The smallest absolute Gasteiger partial charge is 0.226 e. The molecular weight excluding hydrogens is 817 g/mol. The molecule has 3 aromatic rings. The Morgan fingerprint density at radius 2 is 1.59 bits per heavy atom. The van der Waals surface area contributed by atoms with Gasteiger partial charge >= 0.3 is 0 Å². The van der Waals surface area contributed by atoms with E-state index in [0.29, 0.717) is 50.9 Å². The summed E-state index contributed by atoms with van der Waals surface area (Å²) in [6.45, 7) is 6.96. The van der Waals surface area contributed by atoms with Crippen LogP contribution in [-0.2, 0) is 32.1 Å². The molecule has 63 heavy (non-hydrogen) atoms. The molecule has 3 aromatic carbocycles. The van der Waals surface area contributed by atoms with Crippen LogP contribution in [0, 0.1) is 18.8 Å². The lowest BCUT2D eigenvalue weighted by atomic mass is 9.87. The summed E-state index contributed by atoms with van der Waals surface area (Å²) in [5, 5.41) is 7.57. The second kappa shape index (κ2) is 24.2. The van der Waals surface area contributed by atoms with Crippen molar-refractivity contribution in [2.45, 2.75) is 110 Å². The number of ether oxygens (including phenoxy) is 2. The van der Waals surface area contributed by atoms with Crippen molar-refractivity contribution in [3.05, 3.63) is 82.4 Å². The molecule has 0 fully saturated rings. The standard InChI is InChI=1S/C49H66N6O7S/c1-5-6-7-8-9-10-11-33-12-15-37(31(2)24-33)42(56)29-36(18-19-50)49(59)55(4)47-35-14-17-45(61-23-21-52)39(28-35)38-26-34(13-16-44(38)60-22-20-51)27-40(41-30-46(63)62-54-41)53-48(58)32(3)25-43(47)57/h12-17,24,26,28,32,36,40,47H,5-11,18-23,25,27,29-30,50-52H2,1-4H3,(H,53,58)/t32-,36-,40+,47+/m1/s1. The normalized spacial score (nSPS) is 18.2. The highest BCUT2D eigenvalue weighted by molar-refractivity contribution is 7.80. The molecular formula is C49H66N6O7S. The second-order valence-corrected chi connectivity index (χ2v) is 17.3. The number of nitrogens with zero attached hydrogens (tertiary/aromatic N) is 2. The van der Waals surface area contributed by atoms with Crippen molar-refractivity contribution in [3.63, 3.8) is 0 Å². The van der Waals surface area contributed by atoms with Gasteiger partial charge in [-0.25, -0.2) is 0 Å². The number of rotatable bonds is 21. The molecule has 2 amide bonds. The molecule has 2 aliphatic rings. The van der Waals surface area contributed by atoms with Crippen LogP contribution in [-0.4, -0.2) is 85.0 Å². The monoisotopic (exact) mass is 882 g/mol. The Labute approximate surface area is 377 Å². The average Bonchev–Trinajstić information content (AvgIpc) is 3.71. The molecule has 4 atom stereocenters. The van der Waals surface area contributed by atoms with Crippen LogP contribution in [0.2, 0.25) is 0 Å². The Morgan fingerprint density at radius 1 is 0.905 bits per heavy atom. The van der Waals surface area contributed by atoms with Gasteiger partial charge in [0.1, 0.15) is 30.8 Å². The van der Waals surface area contributed by atoms with Crippen molar-refractivity contribution in [2.24, 2.45) is 34.2 Å². The predicted octanol–water partition coefficient (Wildman–Crippen LogP) is 6.72. The number of ketones is 2. The highest BCUT2D eigenvalue weighted by Gasteiger charge is 2.36. The molecule has 340 valence electrons. The molecule has 0 unspecified atom stereocenters. The van der Waals surface area contributed by atoms with Crippen LogP contribution in [0.15, 0.2) is 59.8 Å². The van der Waals surface area contributed by atoms with Crippen LogP contribution < -0.4 is 32.0 Å². The summed E-state index contributed by atoms with van der Waals surface area (Å²) >= 11 is 5.27. The number of nitrogens with two attached hydrogens (primary N) is 3. The fourth-order valence-corrected chi connectivity index (χ4v) is 8.63. The second-order valence-electron chi connectivity index (χ2n) is 16.8. The number of thiocarbonyl (C=S) groups is 1. The summed E-state index contributed by atoms with van der Waals surface area (Å²) in [6.07, 6.45) is 8.76. The third kappa shape index (κ3) is 13.3. The molecule has 0 spiro atoms. The number of Topliss-reactive ketones (excluding diaryl/α,β-unsaturated/α-hetero) is 2. The molecule has 2 aliphatic heterocycles. The molecule has 0 aliphatic carbocycles. The summed E-state index contributed by atoms with van der Waals surface area (Å²) < 4.78 is 12.4. The zero-order chi connectivity index (χ0) is 45.5. The van der Waals surface area contributed by atoms with E-state index in [1.54, 1.807) is 26.1 Å². The summed E-state index contributed by atoms with van der Waals surface area (Å²) in [5.41, 5.74) is 23.6. The number of hydrogen-bond acceptors (Lipinski definition) is 12. The molecule has 4 bridgehead atoms. The van der Waals surface area contributed by atoms with Crippen molar-refractivity contribution in [1.82, 2.24) is 10.2 Å². The van der Waals surface area contributed by atoms with Gasteiger partial charge in [-0.15, -0.1) is 0 Å². The Hall–Kier alpha value is -5.02. The fraction of sp³-hybridized carbons (Fsp3) is 0.510. The summed E-state index contributed by atoms with van der Waals surface area (Å²) in [6, 6.07) is 15.2. The van der Waals surface area contributed by atoms with Gasteiger partial charge in [-0.3, -0.25) is 19.2 Å². The van der Waals surface area contributed by atoms with Crippen molar-refractivity contribution >= 4 is 46.4 Å². The molecule has 2 heterocycles. The molecule has 5 rings (SSSR count). The average molecular weight is 883 g/mol. The van der Waals surface area contributed by atoms with Gasteiger partial charge in [0, 0.05) is 61.5 Å². The van der Waals surface area contributed by atoms with E-state index >= 15 is 0 Å². The number of carbonyl (C=O) groups is 4. The molecule has 13 nitrogen and oxygen atoms in total. The third-order valence-electron chi connectivity index (χ3n) is 11.9. The summed E-state index contributed by atoms with van der Waals surface area (Å²) in [4.78, 5) is 64.1. The lowest BCUT2D eigenvalue weighted by Crippen LogP contribution is -2.45. The Balaban J connectivity index is 1.52. The zero-order valence-electron chi connectivity index (χ0n) is 37.4. The van der Waals surface area contributed by atoms with Crippen molar-refractivity contribution in [2.75, 3.05) is 39.9 Å². The minimum atomic E-state index is -1.14. The van der Waals surface area contributed by atoms with E-state index in [9.17, 15) is 19.2 Å². The maximum Gasteiger partial charge on any atom is 0.226 e. The molecule has 7 N–H and O–H groups in total. The lowest BCUT2D eigenvalue weighted by molar-refractivity contribution is -0.142. The molecule has 0 saturated heterocycles. The van der Waals surface area contributed by atoms with E-state index in [0.717, 1.165) is 24.0 Å². The minimum Gasteiger partial charge on any atom is -0.492 e. The molecule has 0 aromatic heterocycles. The van der Waals surface area contributed by atoms with Gasteiger partial charge < -0.3 is 41.7 Å². The fourth-order valence-electron chi connectivity index (χ4n) is 8.44. The van der Waals surface area contributed by atoms with Crippen LogP contribution >= 0.6 is 12.2 Å². The molecule has 0 radical (unpaired) electrons. The van der Waals surface area contributed by atoms with E-state index in [1.165, 1.54) is 42.6 Å². The van der Waals surface area contributed by atoms with E-state index in [2.05, 4.69) is 23.5 Å². The molecule has 14 heteroatoms. The first kappa shape index (κ1) is 49.0. The number of carbonyl (C=O) groups excluding carboxylic acids is 4. The first-order valence-corrected chi connectivity index (χ1v) is 22.9. The van der Waals surface area contributed by atoms with Crippen LogP contribution in [0.4, 0.5) is 0 Å². The number of oxime groups is 1. The number of unbranched alkanes of at least 4 members (excludes halogenated alkanes) is 5. The van der Waals surface area contributed by atoms with Crippen molar-refractivity contribution in [1.29, 1.82) is 0 Å². The van der Waals surface area contributed by atoms with Crippen LogP contribution in [0.1, 0.15) is 117 Å². The Morgan fingerprint density at radius 3 is 2.24 bits per heavy atom. The van der Waals surface area contributed by atoms with E-state index in [1.807, 2.05) is 43.3 Å². The number of nitrogens with one attached hydrogen (secondary N) is 1. The third-order valence-corrected chi connectivity index (χ3v) is 12.1.